The number of hydrogen-bond acceptors (Lipinski definition) is 5. The van der Waals surface area contributed by atoms with Gasteiger partial charge in [-0.2, -0.15) is 0 Å². The average molecular weight is 395 g/mol. The molecule has 0 radical (unpaired) electrons. The lowest BCUT2D eigenvalue weighted by Crippen LogP contribution is -2.62. The van der Waals surface area contributed by atoms with E-state index >= 15 is 0 Å². The molecule has 0 bridgehead atoms. The summed E-state index contributed by atoms with van der Waals surface area (Å²) in [6.45, 7) is 7.86. The summed E-state index contributed by atoms with van der Waals surface area (Å²) in [6.07, 6.45) is 2.52. The molecule has 3 rings (SSSR count). The second kappa shape index (κ2) is 7.21. The molecule has 27 heavy (non-hydrogen) atoms. The van der Waals surface area contributed by atoms with E-state index in [4.69, 9.17) is 9.47 Å². The Bertz CT molecular complexity index is 786. The van der Waals surface area contributed by atoms with E-state index in [9.17, 15) is 13.2 Å². The summed E-state index contributed by atoms with van der Waals surface area (Å²) in [7, 11) is -3.43. The fourth-order valence-electron chi connectivity index (χ4n) is 5.03. The van der Waals surface area contributed by atoms with Crippen molar-refractivity contribution in [2.75, 3.05) is 5.75 Å². The van der Waals surface area contributed by atoms with Gasteiger partial charge in [-0.3, -0.25) is 4.79 Å². The Morgan fingerprint density at radius 2 is 1.81 bits per heavy atom. The number of ether oxygens (including phenoxy) is 2. The minimum absolute atomic E-state index is 0.0491. The van der Waals surface area contributed by atoms with E-state index in [0.29, 0.717) is 11.3 Å². The van der Waals surface area contributed by atoms with Crippen molar-refractivity contribution in [2.24, 2.45) is 11.3 Å². The molecule has 2 fully saturated rings. The maximum atomic E-state index is 12.8. The molecule has 1 aliphatic carbocycles. The highest BCUT2D eigenvalue weighted by atomic mass is 32.2. The molecule has 6 heteroatoms. The number of carbonyl (C=O) groups is 1. The topological polar surface area (TPSA) is 69.7 Å². The summed E-state index contributed by atoms with van der Waals surface area (Å²) >= 11 is 0. The van der Waals surface area contributed by atoms with Gasteiger partial charge in [-0.05, 0) is 56.1 Å². The van der Waals surface area contributed by atoms with Crippen LogP contribution in [0, 0.1) is 11.3 Å². The van der Waals surface area contributed by atoms with Crippen molar-refractivity contribution in [3.63, 3.8) is 0 Å². The number of benzene rings is 1. The Morgan fingerprint density at radius 3 is 2.44 bits per heavy atom. The first-order chi connectivity index (χ1) is 12.5. The second-order valence-corrected chi connectivity index (χ2v) is 10.8. The highest BCUT2D eigenvalue weighted by Gasteiger charge is 2.57. The van der Waals surface area contributed by atoms with Crippen LogP contribution in [-0.2, 0) is 24.1 Å². The second-order valence-electron chi connectivity index (χ2n) is 8.77. The van der Waals surface area contributed by atoms with Gasteiger partial charge in [0.15, 0.2) is 9.84 Å². The minimum atomic E-state index is -3.43. The third kappa shape index (κ3) is 4.06. The lowest BCUT2D eigenvalue weighted by molar-refractivity contribution is -0.246. The summed E-state index contributed by atoms with van der Waals surface area (Å²) in [4.78, 5) is 11.9. The van der Waals surface area contributed by atoms with Gasteiger partial charge in [0, 0.05) is 6.92 Å². The quantitative estimate of drug-likeness (QED) is 0.727. The van der Waals surface area contributed by atoms with Gasteiger partial charge in [-0.25, -0.2) is 8.42 Å². The van der Waals surface area contributed by atoms with E-state index in [-0.39, 0.29) is 29.2 Å². The summed E-state index contributed by atoms with van der Waals surface area (Å²) in [5.41, 5.74) is -0.600. The fraction of sp³-hybridized carbons (Fsp3) is 0.667. The van der Waals surface area contributed by atoms with Gasteiger partial charge >= 0.3 is 5.97 Å². The van der Waals surface area contributed by atoms with Crippen LogP contribution in [0.1, 0.15) is 53.4 Å². The van der Waals surface area contributed by atoms with Crippen molar-refractivity contribution in [1.82, 2.24) is 0 Å². The first kappa shape index (κ1) is 20.3. The van der Waals surface area contributed by atoms with Crippen LogP contribution in [0.2, 0.25) is 0 Å². The Hall–Kier alpha value is -1.40. The molecule has 0 unspecified atom stereocenters. The van der Waals surface area contributed by atoms with E-state index in [1.54, 1.807) is 30.3 Å². The summed E-state index contributed by atoms with van der Waals surface area (Å²) in [5.74, 6) is -0.145. The normalized spacial score (nSPS) is 33.1. The summed E-state index contributed by atoms with van der Waals surface area (Å²) in [6, 6.07) is 8.50. The predicted octanol–water partition coefficient (Wildman–Crippen LogP) is 3.77. The highest BCUT2D eigenvalue weighted by Crippen LogP contribution is 2.54. The lowest BCUT2D eigenvalue weighted by atomic mass is 9.58. The van der Waals surface area contributed by atoms with E-state index in [2.05, 4.69) is 13.8 Å². The molecule has 1 saturated heterocycles. The van der Waals surface area contributed by atoms with Gasteiger partial charge in [0.1, 0.15) is 11.7 Å². The highest BCUT2D eigenvalue weighted by molar-refractivity contribution is 7.91. The molecular formula is C21H30O5S. The van der Waals surface area contributed by atoms with Crippen LogP contribution in [0.3, 0.4) is 0 Å². The molecule has 150 valence electrons. The third-order valence-corrected chi connectivity index (χ3v) is 8.14. The van der Waals surface area contributed by atoms with E-state index in [1.807, 2.05) is 6.92 Å². The summed E-state index contributed by atoms with van der Waals surface area (Å²) < 4.78 is 37.6. The maximum absolute atomic E-state index is 12.8. The van der Waals surface area contributed by atoms with Crippen molar-refractivity contribution in [2.45, 2.75) is 76.1 Å². The molecule has 0 aromatic heterocycles. The SMILES string of the molecule is CC(=O)O[C@@H]1CCC(C)(C)[C@H]2CC[C@H](CS(=O)(=O)c3ccccc3)O[C@]21C. The van der Waals surface area contributed by atoms with Crippen molar-refractivity contribution in [3.8, 4) is 0 Å². The van der Waals surface area contributed by atoms with Gasteiger partial charge in [-0.15, -0.1) is 0 Å². The van der Waals surface area contributed by atoms with Crippen LogP contribution < -0.4 is 0 Å². The van der Waals surface area contributed by atoms with Crippen molar-refractivity contribution >= 4 is 15.8 Å². The molecule has 1 aromatic rings. The average Bonchev–Trinajstić information content (AvgIpc) is 2.57. The zero-order valence-corrected chi connectivity index (χ0v) is 17.4. The molecule has 0 N–H and O–H groups in total. The number of rotatable bonds is 4. The van der Waals surface area contributed by atoms with E-state index in [0.717, 1.165) is 19.3 Å². The van der Waals surface area contributed by atoms with Crippen LogP contribution in [0.25, 0.3) is 0 Å². The number of hydrogen-bond donors (Lipinski definition) is 0. The van der Waals surface area contributed by atoms with E-state index < -0.39 is 21.5 Å². The van der Waals surface area contributed by atoms with Crippen LogP contribution in [0.15, 0.2) is 35.2 Å². The Labute approximate surface area is 162 Å². The van der Waals surface area contributed by atoms with Crippen LogP contribution in [0.5, 0.6) is 0 Å². The van der Waals surface area contributed by atoms with Gasteiger partial charge in [-0.1, -0.05) is 32.0 Å². The Morgan fingerprint density at radius 1 is 1.15 bits per heavy atom. The minimum Gasteiger partial charge on any atom is -0.459 e. The molecule has 0 amide bonds. The molecule has 1 heterocycles. The molecule has 1 aliphatic heterocycles. The smallest absolute Gasteiger partial charge is 0.303 e. The zero-order chi connectivity index (χ0) is 19.9. The van der Waals surface area contributed by atoms with E-state index in [1.165, 1.54) is 6.92 Å². The number of carbonyl (C=O) groups excluding carboxylic acids is 1. The Kier molecular flexibility index (Phi) is 5.43. The first-order valence-corrected chi connectivity index (χ1v) is 11.3. The van der Waals surface area contributed by atoms with Gasteiger partial charge < -0.3 is 9.47 Å². The van der Waals surface area contributed by atoms with Crippen molar-refractivity contribution in [1.29, 1.82) is 0 Å². The first-order valence-electron chi connectivity index (χ1n) is 9.67. The van der Waals surface area contributed by atoms with Gasteiger partial charge in [0.2, 0.25) is 0 Å². The maximum Gasteiger partial charge on any atom is 0.303 e. The zero-order valence-electron chi connectivity index (χ0n) is 16.6. The number of fused-ring (bicyclic) bond motifs is 1. The molecule has 2 aliphatic rings. The van der Waals surface area contributed by atoms with Crippen LogP contribution >= 0.6 is 0 Å². The fourth-order valence-corrected chi connectivity index (χ4v) is 6.52. The molecule has 5 nitrogen and oxygen atoms in total. The number of sulfone groups is 1. The molecular weight excluding hydrogens is 364 g/mol. The van der Waals surface area contributed by atoms with Crippen LogP contribution in [-0.4, -0.2) is 37.9 Å². The number of esters is 1. The molecule has 1 aromatic carbocycles. The van der Waals surface area contributed by atoms with Gasteiger partial charge in [0.25, 0.3) is 0 Å². The molecule has 4 atom stereocenters. The predicted molar refractivity (Wildman–Crippen MR) is 103 cm³/mol. The van der Waals surface area contributed by atoms with Crippen molar-refractivity contribution < 1.29 is 22.7 Å². The van der Waals surface area contributed by atoms with Gasteiger partial charge in [0.05, 0.1) is 16.8 Å². The third-order valence-electron chi connectivity index (χ3n) is 6.34. The molecule has 1 saturated carbocycles. The van der Waals surface area contributed by atoms with Crippen molar-refractivity contribution in [3.05, 3.63) is 30.3 Å². The Balaban J connectivity index is 1.83. The lowest BCUT2D eigenvalue weighted by Gasteiger charge is -2.57. The standard InChI is InChI=1S/C21H30O5S/c1-15(22)25-19-12-13-20(2,3)18-11-10-16(26-21(18,19)4)14-27(23,24)17-8-6-5-7-9-17/h5-9,16,18-19H,10-14H2,1-4H3/t16-,18-,19-,21-/m1/s1. The molecule has 0 spiro atoms. The van der Waals surface area contributed by atoms with Crippen LogP contribution in [0.4, 0.5) is 0 Å². The largest absolute Gasteiger partial charge is 0.459 e. The summed E-state index contributed by atoms with van der Waals surface area (Å²) in [5, 5.41) is 0. The monoisotopic (exact) mass is 394 g/mol.